The van der Waals surface area contributed by atoms with Crippen LogP contribution >= 0.6 is 38.5 Å². The molecule has 0 saturated carbocycles. The van der Waals surface area contributed by atoms with E-state index in [1.807, 2.05) is 42.5 Å². The van der Waals surface area contributed by atoms with Crippen molar-refractivity contribution in [3.05, 3.63) is 61.6 Å². The van der Waals surface area contributed by atoms with Crippen LogP contribution in [-0.4, -0.2) is 11.7 Å². The molecule has 0 fully saturated rings. The van der Waals surface area contributed by atoms with Crippen LogP contribution < -0.4 is 4.74 Å². The standard InChI is InChI=1S/C16H16BrIO2/c1-2-9-20-13-6-3-11(4-7-13)16(19)14-10-12(17)5-8-15(14)18/h3-8,10,16,19H,2,9H2,1H3. The zero-order valence-electron chi connectivity index (χ0n) is 11.1. The predicted octanol–water partition coefficient (Wildman–Crippen LogP) is 4.92. The summed E-state index contributed by atoms with van der Waals surface area (Å²) in [5, 5.41) is 10.5. The Morgan fingerprint density at radius 3 is 2.55 bits per heavy atom. The maximum Gasteiger partial charge on any atom is 0.119 e. The third-order valence-corrected chi connectivity index (χ3v) is 4.40. The molecule has 0 aliphatic rings. The molecule has 0 bridgehead atoms. The van der Waals surface area contributed by atoms with Crippen LogP contribution in [-0.2, 0) is 0 Å². The van der Waals surface area contributed by atoms with Gasteiger partial charge in [0.2, 0.25) is 0 Å². The Balaban J connectivity index is 2.20. The van der Waals surface area contributed by atoms with Crippen molar-refractivity contribution < 1.29 is 9.84 Å². The van der Waals surface area contributed by atoms with Crippen LogP contribution in [0.2, 0.25) is 0 Å². The summed E-state index contributed by atoms with van der Waals surface area (Å²) >= 11 is 5.68. The van der Waals surface area contributed by atoms with Gasteiger partial charge in [-0.2, -0.15) is 0 Å². The number of hydrogen-bond acceptors (Lipinski definition) is 2. The Kier molecular flexibility index (Phi) is 5.86. The molecule has 2 rings (SSSR count). The van der Waals surface area contributed by atoms with Crippen LogP contribution in [0.25, 0.3) is 0 Å². The fourth-order valence-electron chi connectivity index (χ4n) is 1.87. The Bertz CT molecular complexity index is 569. The number of benzene rings is 2. The number of rotatable bonds is 5. The van der Waals surface area contributed by atoms with E-state index in [2.05, 4.69) is 45.4 Å². The van der Waals surface area contributed by atoms with Crippen molar-refractivity contribution in [3.63, 3.8) is 0 Å². The minimum Gasteiger partial charge on any atom is -0.494 e. The lowest BCUT2D eigenvalue weighted by Crippen LogP contribution is -2.02. The van der Waals surface area contributed by atoms with Gasteiger partial charge in [0.1, 0.15) is 11.9 Å². The van der Waals surface area contributed by atoms with E-state index < -0.39 is 6.10 Å². The lowest BCUT2D eigenvalue weighted by atomic mass is 10.0. The molecule has 20 heavy (non-hydrogen) atoms. The van der Waals surface area contributed by atoms with Gasteiger partial charge in [0.25, 0.3) is 0 Å². The highest BCUT2D eigenvalue weighted by molar-refractivity contribution is 14.1. The molecule has 2 aromatic rings. The maximum atomic E-state index is 10.5. The normalized spacial score (nSPS) is 12.2. The number of hydrogen-bond donors (Lipinski definition) is 1. The van der Waals surface area contributed by atoms with Gasteiger partial charge in [-0.3, -0.25) is 0 Å². The molecular weight excluding hydrogens is 431 g/mol. The summed E-state index contributed by atoms with van der Waals surface area (Å²) in [6, 6.07) is 13.5. The van der Waals surface area contributed by atoms with Crippen molar-refractivity contribution in [2.24, 2.45) is 0 Å². The molecule has 0 aliphatic heterocycles. The summed E-state index contributed by atoms with van der Waals surface area (Å²) in [6.07, 6.45) is 0.361. The summed E-state index contributed by atoms with van der Waals surface area (Å²) in [4.78, 5) is 0. The van der Waals surface area contributed by atoms with E-state index in [9.17, 15) is 5.11 Å². The summed E-state index contributed by atoms with van der Waals surface area (Å²) in [5.41, 5.74) is 1.77. The van der Waals surface area contributed by atoms with Gasteiger partial charge in [-0.15, -0.1) is 0 Å². The maximum absolute atomic E-state index is 10.5. The average molecular weight is 447 g/mol. The molecule has 0 saturated heterocycles. The third kappa shape index (κ3) is 3.96. The minimum absolute atomic E-state index is 0.625. The van der Waals surface area contributed by atoms with E-state index in [1.54, 1.807) is 0 Å². The zero-order chi connectivity index (χ0) is 14.5. The molecule has 4 heteroatoms. The first-order valence-electron chi connectivity index (χ1n) is 6.47. The van der Waals surface area contributed by atoms with Crippen LogP contribution in [0.3, 0.4) is 0 Å². The number of aliphatic hydroxyl groups excluding tert-OH is 1. The first-order chi connectivity index (χ1) is 9.61. The largest absolute Gasteiger partial charge is 0.494 e. The molecule has 2 nitrogen and oxygen atoms in total. The molecule has 0 aromatic heterocycles. The molecule has 2 aromatic carbocycles. The van der Waals surface area contributed by atoms with Crippen LogP contribution in [0.15, 0.2) is 46.9 Å². The first kappa shape index (κ1) is 15.8. The topological polar surface area (TPSA) is 29.5 Å². The summed E-state index contributed by atoms with van der Waals surface area (Å²) in [5.74, 6) is 0.840. The van der Waals surface area contributed by atoms with E-state index >= 15 is 0 Å². The molecule has 0 heterocycles. The van der Waals surface area contributed by atoms with Crippen molar-refractivity contribution >= 4 is 38.5 Å². The highest BCUT2D eigenvalue weighted by Gasteiger charge is 2.14. The zero-order valence-corrected chi connectivity index (χ0v) is 14.9. The van der Waals surface area contributed by atoms with Crippen LogP contribution in [0.1, 0.15) is 30.6 Å². The monoisotopic (exact) mass is 446 g/mol. The quantitative estimate of drug-likeness (QED) is 0.660. The fraction of sp³-hybridized carbons (Fsp3) is 0.250. The molecule has 0 spiro atoms. The van der Waals surface area contributed by atoms with Gasteiger partial charge in [-0.1, -0.05) is 35.0 Å². The highest BCUT2D eigenvalue weighted by Crippen LogP contribution is 2.29. The number of aliphatic hydroxyl groups is 1. The van der Waals surface area contributed by atoms with Gasteiger partial charge in [0, 0.05) is 8.04 Å². The lowest BCUT2D eigenvalue weighted by Gasteiger charge is -2.14. The SMILES string of the molecule is CCCOc1ccc(C(O)c2cc(Br)ccc2I)cc1. The van der Waals surface area contributed by atoms with Gasteiger partial charge in [-0.05, 0) is 70.5 Å². The van der Waals surface area contributed by atoms with Crippen molar-refractivity contribution in [2.75, 3.05) is 6.61 Å². The van der Waals surface area contributed by atoms with Gasteiger partial charge >= 0.3 is 0 Å². The van der Waals surface area contributed by atoms with Gasteiger partial charge < -0.3 is 9.84 Å². The predicted molar refractivity (Wildman–Crippen MR) is 93.1 cm³/mol. The van der Waals surface area contributed by atoms with Gasteiger partial charge in [-0.25, -0.2) is 0 Å². The Morgan fingerprint density at radius 1 is 1.20 bits per heavy atom. The molecule has 0 radical (unpaired) electrons. The molecule has 1 unspecified atom stereocenters. The molecule has 0 amide bonds. The number of ether oxygens (including phenoxy) is 1. The van der Waals surface area contributed by atoms with E-state index in [4.69, 9.17) is 4.74 Å². The minimum atomic E-state index is -0.625. The van der Waals surface area contributed by atoms with Crippen molar-refractivity contribution in [3.8, 4) is 5.75 Å². The Labute approximate surface area is 141 Å². The summed E-state index contributed by atoms with van der Waals surface area (Å²) in [6.45, 7) is 2.79. The molecule has 106 valence electrons. The molecular formula is C16H16BrIO2. The second-order valence-corrected chi connectivity index (χ2v) is 6.56. The Morgan fingerprint density at radius 2 is 1.90 bits per heavy atom. The third-order valence-electron chi connectivity index (χ3n) is 2.92. The fourth-order valence-corrected chi connectivity index (χ4v) is 2.88. The smallest absolute Gasteiger partial charge is 0.119 e. The summed E-state index contributed by atoms with van der Waals surface area (Å²) < 4.78 is 7.56. The van der Waals surface area contributed by atoms with Crippen LogP contribution in [0, 0.1) is 3.57 Å². The van der Waals surface area contributed by atoms with E-state index in [-0.39, 0.29) is 0 Å². The van der Waals surface area contributed by atoms with Gasteiger partial charge in [0.15, 0.2) is 0 Å². The second kappa shape index (κ2) is 7.43. The lowest BCUT2D eigenvalue weighted by molar-refractivity contribution is 0.219. The van der Waals surface area contributed by atoms with E-state index in [1.165, 1.54) is 0 Å². The van der Waals surface area contributed by atoms with Gasteiger partial charge in [0.05, 0.1) is 6.61 Å². The molecule has 1 atom stereocenters. The second-order valence-electron chi connectivity index (χ2n) is 4.49. The van der Waals surface area contributed by atoms with Crippen molar-refractivity contribution in [1.82, 2.24) is 0 Å². The Hall–Kier alpha value is -0.590. The average Bonchev–Trinajstić information content (AvgIpc) is 2.47. The number of halogens is 2. The van der Waals surface area contributed by atoms with Crippen LogP contribution in [0.5, 0.6) is 5.75 Å². The first-order valence-corrected chi connectivity index (χ1v) is 8.34. The van der Waals surface area contributed by atoms with Crippen molar-refractivity contribution in [2.45, 2.75) is 19.4 Å². The van der Waals surface area contributed by atoms with Crippen molar-refractivity contribution in [1.29, 1.82) is 0 Å². The van der Waals surface area contributed by atoms with Crippen LogP contribution in [0.4, 0.5) is 0 Å². The van der Waals surface area contributed by atoms with E-state index in [0.717, 1.165) is 31.3 Å². The highest BCUT2D eigenvalue weighted by atomic mass is 127. The molecule has 1 N–H and O–H groups in total. The van der Waals surface area contributed by atoms with E-state index in [0.29, 0.717) is 6.61 Å². The summed E-state index contributed by atoms with van der Waals surface area (Å²) in [7, 11) is 0. The molecule has 0 aliphatic carbocycles.